The molecule has 0 aliphatic carbocycles. The van der Waals surface area contributed by atoms with Crippen LogP contribution in [-0.4, -0.2) is 39.9 Å². The average Bonchev–Trinajstić information content (AvgIpc) is 2.53. The lowest BCUT2D eigenvalue weighted by molar-refractivity contribution is -0.131. The molecule has 120 valence electrons. The molecular weight excluding hydrogens is 298 g/mol. The van der Waals surface area contributed by atoms with Gasteiger partial charge in [-0.3, -0.25) is 4.79 Å². The molecule has 0 saturated heterocycles. The molecule has 0 atom stereocenters. The van der Waals surface area contributed by atoms with Crippen LogP contribution in [0.3, 0.4) is 0 Å². The zero-order valence-electron chi connectivity index (χ0n) is 13.0. The second kappa shape index (κ2) is 8.22. The Balaban J connectivity index is 1.89. The van der Waals surface area contributed by atoms with Crippen molar-refractivity contribution in [3.8, 4) is 0 Å². The van der Waals surface area contributed by atoms with Crippen LogP contribution < -0.4 is 0 Å². The zero-order chi connectivity index (χ0) is 15.9. The van der Waals surface area contributed by atoms with Crippen molar-refractivity contribution in [2.45, 2.75) is 39.2 Å². The van der Waals surface area contributed by atoms with Gasteiger partial charge in [0.05, 0.1) is 5.56 Å². The maximum Gasteiger partial charge on any atom is 0.335 e. The van der Waals surface area contributed by atoms with Gasteiger partial charge in [0.25, 0.3) is 0 Å². The van der Waals surface area contributed by atoms with E-state index in [-0.39, 0.29) is 5.91 Å². The Bertz CT molecular complexity index is 545. The molecule has 0 spiro atoms. The van der Waals surface area contributed by atoms with Crippen LogP contribution in [0, 0.1) is 0 Å². The third kappa shape index (κ3) is 4.50. The molecule has 5 heteroatoms. The summed E-state index contributed by atoms with van der Waals surface area (Å²) in [7, 11) is 0. The molecular formula is C17H23NO3S. The molecule has 2 rings (SSSR count). The van der Waals surface area contributed by atoms with Crippen molar-refractivity contribution in [1.29, 1.82) is 0 Å². The van der Waals surface area contributed by atoms with Crippen molar-refractivity contribution in [3.63, 3.8) is 0 Å². The number of unbranched alkanes of at least 4 members (excludes halogenated alkanes) is 1. The molecule has 1 aromatic rings. The fourth-order valence-electron chi connectivity index (χ4n) is 2.57. The van der Waals surface area contributed by atoms with Crippen LogP contribution in [-0.2, 0) is 17.8 Å². The van der Waals surface area contributed by atoms with E-state index in [1.165, 1.54) is 12.8 Å². The summed E-state index contributed by atoms with van der Waals surface area (Å²) >= 11 is 1.84. The predicted molar refractivity (Wildman–Crippen MR) is 89.4 cm³/mol. The number of carboxylic acid groups (broad SMARTS) is 1. The number of hydrogen-bond donors (Lipinski definition) is 1. The number of fused-ring (bicyclic) bond motifs is 1. The van der Waals surface area contributed by atoms with Crippen LogP contribution in [0.5, 0.6) is 0 Å². The van der Waals surface area contributed by atoms with E-state index in [4.69, 9.17) is 5.11 Å². The van der Waals surface area contributed by atoms with E-state index in [0.717, 1.165) is 35.6 Å². The topological polar surface area (TPSA) is 57.6 Å². The molecule has 1 aliphatic heterocycles. The molecule has 0 aromatic heterocycles. The number of carbonyl (C=O) groups excluding carboxylic acids is 1. The van der Waals surface area contributed by atoms with Gasteiger partial charge >= 0.3 is 5.97 Å². The number of carboxylic acids is 1. The molecule has 22 heavy (non-hydrogen) atoms. The van der Waals surface area contributed by atoms with Crippen LogP contribution in [0.4, 0.5) is 0 Å². The monoisotopic (exact) mass is 321 g/mol. The molecule has 0 fully saturated rings. The lowest BCUT2D eigenvalue weighted by atomic mass is 9.97. The number of thioether (sulfide) groups is 1. The van der Waals surface area contributed by atoms with Gasteiger partial charge in [0.1, 0.15) is 0 Å². The van der Waals surface area contributed by atoms with E-state index in [2.05, 4.69) is 6.92 Å². The molecule has 0 radical (unpaired) electrons. The Morgan fingerprint density at radius 1 is 1.27 bits per heavy atom. The first-order valence-corrected chi connectivity index (χ1v) is 8.98. The lowest BCUT2D eigenvalue weighted by Gasteiger charge is -2.29. The smallest absolute Gasteiger partial charge is 0.335 e. The van der Waals surface area contributed by atoms with Gasteiger partial charge in [-0.05, 0) is 41.9 Å². The first-order chi connectivity index (χ1) is 10.6. The van der Waals surface area contributed by atoms with E-state index in [1.54, 1.807) is 12.1 Å². The molecule has 0 unspecified atom stereocenters. The third-order valence-corrected chi connectivity index (χ3v) is 4.99. The van der Waals surface area contributed by atoms with Gasteiger partial charge in [-0.25, -0.2) is 4.79 Å². The summed E-state index contributed by atoms with van der Waals surface area (Å²) in [5.41, 5.74) is 2.42. The quantitative estimate of drug-likeness (QED) is 0.784. The Hall–Kier alpha value is -1.49. The summed E-state index contributed by atoms with van der Waals surface area (Å²) in [4.78, 5) is 25.2. The minimum Gasteiger partial charge on any atom is -0.478 e. The summed E-state index contributed by atoms with van der Waals surface area (Å²) in [5, 5.41) is 9.07. The molecule has 1 aliphatic rings. The average molecular weight is 321 g/mol. The highest BCUT2D eigenvalue weighted by Crippen LogP contribution is 2.21. The summed E-state index contributed by atoms with van der Waals surface area (Å²) in [6.07, 6.45) is 3.77. The Morgan fingerprint density at radius 2 is 2.09 bits per heavy atom. The molecule has 1 heterocycles. The standard InChI is InChI=1S/C17H23NO3S/c1-2-3-9-22-10-7-16(19)18-8-6-13-4-5-14(17(20)21)11-15(13)12-18/h4-5,11H,2-3,6-10,12H2,1H3,(H,20,21). The molecule has 1 N–H and O–H groups in total. The number of rotatable bonds is 7. The second-order valence-corrected chi connectivity index (χ2v) is 6.79. The Labute approximate surface area is 135 Å². The van der Waals surface area contributed by atoms with Gasteiger partial charge in [-0.15, -0.1) is 0 Å². The van der Waals surface area contributed by atoms with E-state index in [9.17, 15) is 9.59 Å². The van der Waals surface area contributed by atoms with Crippen molar-refractivity contribution in [1.82, 2.24) is 4.90 Å². The molecule has 4 nitrogen and oxygen atoms in total. The van der Waals surface area contributed by atoms with Crippen LogP contribution in [0.25, 0.3) is 0 Å². The molecule has 0 saturated carbocycles. The van der Waals surface area contributed by atoms with Gasteiger partial charge in [-0.2, -0.15) is 11.8 Å². The normalized spacial score (nSPS) is 13.8. The predicted octanol–water partition coefficient (Wildman–Crippen LogP) is 3.19. The number of hydrogen-bond acceptors (Lipinski definition) is 3. The van der Waals surface area contributed by atoms with Gasteiger partial charge < -0.3 is 10.0 Å². The van der Waals surface area contributed by atoms with Crippen LogP contribution in [0.2, 0.25) is 0 Å². The second-order valence-electron chi connectivity index (χ2n) is 5.57. The number of amides is 1. The number of carbonyl (C=O) groups is 2. The van der Waals surface area contributed by atoms with Crippen molar-refractivity contribution in [3.05, 3.63) is 34.9 Å². The van der Waals surface area contributed by atoms with Crippen molar-refractivity contribution >= 4 is 23.6 Å². The molecule has 1 aromatic carbocycles. The fraction of sp³-hybridized carbons (Fsp3) is 0.529. The Kier molecular flexibility index (Phi) is 6.31. The highest BCUT2D eigenvalue weighted by atomic mass is 32.2. The number of benzene rings is 1. The van der Waals surface area contributed by atoms with Crippen LogP contribution in [0.1, 0.15) is 47.7 Å². The maximum absolute atomic E-state index is 12.3. The lowest BCUT2D eigenvalue weighted by Crippen LogP contribution is -2.36. The number of aromatic carboxylic acids is 1. The van der Waals surface area contributed by atoms with Crippen LogP contribution >= 0.6 is 11.8 Å². The fourth-order valence-corrected chi connectivity index (χ4v) is 3.58. The summed E-state index contributed by atoms with van der Waals surface area (Å²) in [6.45, 7) is 3.44. The first-order valence-electron chi connectivity index (χ1n) is 7.82. The Morgan fingerprint density at radius 3 is 2.82 bits per heavy atom. The first kappa shape index (κ1) is 16.9. The van der Waals surface area contributed by atoms with Crippen molar-refractivity contribution < 1.29 is 14.7 Å². The zero-order valence-corrected chi connectivity index (χ0v) is 13.8. The van der Waals surface area contributed by atoms with Gasteiger partial charge in [-0.1, -0.05) is 19.4 Å². The highest BCUT2D eigenvalue weighted by Gasteiger charge is 2.21. The molecule has 0 bridgehead atoms. The highest BCUT2D eigenvalue weighted by molar-refractivity contribution is 7.99. The van der Waals surface area contributed by atoms with Gasteiger partial charge in [0.15, 0.2) is 0 Å². The van der Waals surface area contributed by atoms with Crippen LogP contribution in [0.15, 0.2) is 18.2 Å². The number of nitrogens with zero attached hydrogens (tertiary/aromatic N) is 1. The van der Waals surface area contributed by atoms with Crippen molar-refractivity contribution in [2.24, 2.45) is 0 Å². The van der Waals surface area contributed by atoms with E-state index in [0.29, 0.717) is 18.5 Å². The summed E-state index contributed by atoms with van der Waals surface area (Å²) < 4.78 is 0. The van der Waals surface area contributed by atoms with E-state index < -0.39 is 5.97 Å². The van der Waals surface area contributed by atoms with Gasteiger partial charge in [0, 0.05) is 25.3 Å². The van der Waals surface area contributed by atoms with E-state index in [1.807, 2.05) is 22.7 Å². The maximum atomic E-state index is 12.3. The summed E-state index contributed by atoms with van der Waals surface area (Å²) in [5.74, 6) is 1.25. The minimum atomic E-state index is -0.918. The SMILES string of the molecule is CCCCSCCC(=O)N1CCc2ccc(C(=O)O)cc2C1. The third-order valence-electron chi connectivity index (χ3n) is 3.92. The minimum absolute atomic E-state index is 0.176. The van der Waals surface area contributed by atoms with Gasteiger partial charge in [0.2, 0.25) is 5.91 Å². The molecule has 1 amide bonds. The van der Waals surface area contributed by atoms with E-state index >= 15 is 0 Å². The largest absolute Gasteiger partial charge is 0.478 e. The van der Waals surface area contributed by atoms with Crippen molar-refractivity contribution in [2.75, 3.05) is 18.1 Å². The summed E-state index contributed by atoms with van der Waals surface area (Å²) in [6, 6.07) is 5.22.